The molecule has 0 aromatic carbocycles. The molecule has 1 fully saturated rings. The fourth-order valence-corrected chi connectivity index (χ4v) is 1.34. The summed E-state index contributed by atoms with van der Waals surface area (Å²) in [6.45, 7) is 7.08. The number of hydroxylamine groups is 2. The quantitative estimate of drug-likeness (QED) is 0.658. The highest BCUT2D eigenvalue weighted by Gasteiger charge is 2.13. The number of piperazine rings is 1. The molecule has 1 N–H and O–H groups in total. The third-order valence-corrected chi connectivity index (χ3v) is 2.18. The van der Waals surface area contributed by atoms with Gasteiger partial charge in [-0.25, -0.2) is 0 Å². The van der Waals surface area contributed by atoms with Gasteiger partial charge in [0.05, 0.1) is 0 Å². The summed E-state index contributed by atoms with van der Waals surface area (Å²) in [5.41, 5.74) is 0. The maximum absolute atomic E-state index is 9.06. The molecular formula is C8H18N2O. The van der Waals surface area contributed by atoms with Gasteiger partial charge in [0.15, 0.2) is 0 Å². The molecule has 1 saturated heterocycles. The summed E-state index contributed by atoms with van der Waals surface area (Å²) in [4.78, 5) is 2.41. The molecule has 1 rings (SSSR count). The standard InChI is InChI=1S/C8H18N2O/c1-2-3-4-9-5-7-10(11)8-6-9/h11H,2-8H2,1H3. The van der Waals surface area contributed by atoms with E-state index in [9.17, 15) is 0 Å². The number of hydrogen-bond acceptors (Lipinski definition) is 3. The fourth-order valence-electron chi connectivity index (χ4n) is 1.34. The van der Waals surface area contributed by atoms with E-state index in [1.165, 1.54) is 24.4 Å². The minimum absolute atomic E-state index is 0.809. The van der Waals surface area contributed by atoms with Gasteiger partial charge < -0.3 is 10.1 Å². The first kappa shape index (κ1) is 8.97. The highest BCUT2D eigenvalue weighted by Crippen LogP contribution is 2.00. The molecular weight excluding hydrogens is 140 g/mol. The van der Waals surface area contributed by atoms with Crippen LogP contribution < -0.4 is 0 Å². The predicted molar refractivity (Wildman–Crippen MR) is 44.7 cm³/mol. The van der Waals surface area contributed by atoms with E-state index in [4.69, 9.17) is 5.21 Å². The molecule has 0 spiro atoms. The van der Waals surface area contributed by atoms with E-state index in [2.05, 4.69) is 11.8 Å². The Morgan fingerprint density at radius 1 is 1.18 bits per heavy atom. The Morgan fingerprint density at radius 3 is 2.36 bits per heavy atom. The zero-order valence-electron chi connectivity index (χ0n) is 7.29. The minimum atomic E-state index is 0.809. The van der Waals surface area contributed by atoms with Crippen LogP contribution >= 0.6 is 0 Å². The molecule has 0 unspecified atom stereocenters. The number of hydrogen-bond donors (Lipinski definition) is 1. The van der Waals surface area contributed by atoms with Crippen molar-refractivity contribution in [2.75, 3.05) is 32.7 Å². The van der Waals surface area contributed by atoms with E-state index < -0.39 is 0 Å². The Kier molecular flexibility index (Phi) is 3.83. The summed E-state index contributed by atoms with van der Waals surface area (Å²) in [5, 5.41) is 10.5. The molecule has 1 aliphatic rings. The Morgan fingerprint density at radius 2 is 1.82 bits per heavy atom. The van der Waals surface area contributed by atoms with Crippen molar-refractivity contribution in [1.29, 1.82) is 0 Å². The molecule has 0 saturated carbocycles. The molecule has 0 aromatic rings. The van der Waals surface area contributed by atoms with Gasteiger partial charge in [-0.2, -0.15) is 5.06 Å². The summed E-state index contributed by atoms with van der Waals surface area (Å²) in [7, 11) is 0. The lowest BCUT2D eigenvalue weighted by molar-refractivity contribution is -0.117. The number of unbranched alkanes of at least 4 members (excludes halogenated alkanes) is 1. The molecule has 0 aliphatic carbocycles. The highest BCUT2D eigenvalue weighted by molar-refractivity contribution is 4.65. The van der Waals surface area contributed by atoms with Crippen LogP contribution in [0, 0.1) is 0 Å². The van der Waals surface area contributed by atoms with Crippen LogP contribution in [0.15, 0.2) is 0 Å². The van der Waals surface area contributed by atoms with Crippen molar-refractivity contribution < 1.29 is 5.21 Å². The van der Waals surface area contributed by atoms with E-state index in [1.54, 1.807) is 0 Å². The topological polar surface area (TPSA) is 26.7 Å². The normalized spacial score (nSPS) is 22.4. The van der Waals surface area contributed by atoms with Crippen molar-refractivity contribution in [3.63, 3.8) is 0 Å². The molecule has 0 aromatic heterocycles. The molecule has 11 heavy (non-hydrogen) atoms. The maximum atomic E-state index is 9.06. The highest BCUT2D eigenvalue weighted by atomic mass is 16.5. The first-order valence-corrected chi connectivity index (χ1v) is 4.49. The van der Waals surface area contributed by atoms with Crippen LogP contribution in [-0.4, -0.2) is 47.9 Å². The summed E-state index contributed by atoms with van der Waals surface area (Å²) in [6, 6.07) is 0. The molecule has 0 radical (unpaired) electrons. The van der Waals surface area contributed by atoms with Gasteiger partial charge in [0, 0.05) is 26.2 Å². The summed E-state index contributed by atoms with van der Waals surface area (Å²) >= 11 is 0. The average molecular weight is 158 g/mol. The number of rotatable bonds is 3. The molecule has 3 heteroatoms. The minimum Gasteiger partial charge on any atom is -0.314 e. The van der Waals surface area contributed by atoms with Crippen LogP contribution in [0.2, 0.25) is 0 Å². The van der Waals surface area contributed by atoms with Gasteiger partial charge in [-0.1, -0.05) is 13.3 Å². The smallest absolute Gasteiger partial charge is 0.0366 e. The molecule has 3 nitrogen and oxygen atoms in total. The summed E-state index contributed by atoms with van der Waals surface area (Å²) in [5.74, 6) is 0. The van der Waals surface area contributed by atoms with E-state index in [0.717, 1.165) is 26.2 Å². The third-order valence-electron chi connectivity index (χ3n) is 2.18. The molecule has 0 atom stereocenters. The van der Waals surface area contributed by atoms with Crippen LogP contribution in [0.25, 0.3) is 0 Å². The predicted octanol–water partition coefficient (Wildman–Crippen LogP) is 0.793. The summed E-state index contributed by atoms with van der Waals surface area (Å²) < 4.78 is 0. The Labute approximate surface area is 68.6 Å². The fraction of sp³-hybridized carbons (Fsp3) is 1.00. The summed E-state index contributed by atoms with van der Waals surface area (Å²) in [6.07, 6.45) is 2.55. The lowest BCUT2D eigenvalue weighted by atomic mass is 10.3. The van der Waals surface area contributed by atoms with Crippen molar-refractivity contribution in [3.05, 3.63) is 0 Å². The zero-order valence-corrected chi connectivity index (χ0v) is 7.29. The van der Waals surface area contributed by atoms with Gasteiger partial charge in [-0.15, -0.1) is 0 Å². The second-order valence-electron chi connectivity index (χ2n) is 3.15. The zero-order chi connectivity index (χ0) is 8.10. The van der Waals surface area contributed by atoms with Crippen LogP contribution in [0.1, 0.15) is 19.8 Å². The van der Waals surface area contributed by atoms with Gasteiger partial charge in [-0.05, 0) is 13.0 Å². The second-order valence-corrected chi connectivity index (χ2v) is 3.15. The molecule has 0 bridgehead atoms. The monoisotopic (exact) mass is 158 g/mol. The van der Waals surface area contributed by atoms with E-state index in [1.807, 2.05) is 0 Å². The average Bonchev–Trinajstić information content (AvgIpc) is 2.04. The third kappa shape index (κ3) is 3.18. The van der Waals surface area contributed by atoms with Crippen LogP contribution in [0.4, 0.5) is 0 Å². The molecule has 0 amide bonds. The van der Waals surface area contributed by atoms with Crippen molar-refractivity contribution in [3.8, 4) is 0 Å². The lowest BCUT2D eigenvalue weighted by Gasteiger charge is -2.30. The van der Waals surface area contributed by atoms with Gasteiger partial charge in [0.25, 0.3) is 0 Å². The van der Waals surface area contributed by atoms with E-state index in [-0.39, 0.29) is 0 Å². The van der Waals surface area contributed by atoms with Crippen molar-refractivity contribution >= 4 is 0 Å². The van der Waals surface area contributed by atoms with E-state index >= 15 is 0 Å². The van der Waals surface area contributed by atoms with Gasteiger partial charge >= 0.3 is 0 Å². The first-order valence-electron chi connectivity index (χ1n) is 4.49. The lowest BCUT2D eigenvalue weighted by Crippen LogP contribution is -2.44. The second kappa shape index (κ2) is 4.70. The maximum Gasteiger partial charge on any atom is 0.0366 e. The van der Waals surface area contributed by atoms with Crippen LogP contribution in [-0.2, 0) is 0 Å². The molecule has 1 aliphatic heterocycles. The van der Waals surface area contributed by atoms with Crippen molar-refractivity contribution in [2.45, 2.75) is 19.8 Å². The number of nitrogens with zero attached hydrogens (tertiary/aromatic N) is 2. The van der Waals surface area contributed by atoms with Gasteiger partial charge in [0.2, 0.25) is 0 Å². The Bertz CT molecular complexity index is 97.5. The van der Waals surface area contributed by atoms with Crippen molar-refractivity contribution in [1.82, 2.24) is 9.96 Å². The van der Waals surface area contributed by atoms with E-state index in [0.29, 0.717) is 0 Å². The Balaban J connectivity index is 2.07. The van der Waals surface area contributed by atoms with Gasteiger partial charge in [-0.3, -0.25) is 0 Å². The van der Waals surface area contributed by atoms with Crippen molar-refractivity contribution in [2.24, 2.45) is 0 Å². The van der Waals surface area contributed by atoms with Crippen LogP contribution in [0.5, 0.6) is 0 Å². The van der Waals surface area contributed by atoms with Crippen LogP contribution in [0.3, 0.4) is 0 Å². The molecule has 1 heterocycles. The largest absolute Gasteiger partial charge is 0.314 e. The molecule has 66 valence electrons. The van der Waals surface area contributed by atoms with Gasteiger partial charge in [0.1, 0.15) is 0 Å². The first-order chi connectivity index (χ1) is 5.33. The Hall–Kier alpha value is -0.120. The SMILES string of the molecule is CCCCN1CCN(O)CC1.